The van der Waals surface area contributed by atoms with E-state index >= 15 is 0 Å². The molecule has 4 rings (SSSR count). The van der Waals surface area contributed by atoms with Crippen molar-refractivity contribution in [2.24, 2.45) is 0 Å². The van der Waals surface area contributed by atoms with Crippen molar-refractivity contribution >= 4 is 26.8 Å². The molecule has 0 aliphatic carbocycles. The lowest BCUT2D eigenvalue weighted by atomic mass is 9.95. The van der Waals surface area contributed by atoms with Crippen molar-refractivity contribution in [3.05, 3.63) is 83.4 Å². The van der Waals surface area contributed by atoms with E-state index in [1.165, 1.54) is 12.1 Å². The summed E-state index contributed by atoms with van der Waals surface area (Å²) >= 11 is 0. The lowest BCUT2D eigenvalue weighted by molar-refractivity contribution is -0.385. The summed E-state index contributed by atoms with van der Waals surface area (Å²) in [6, 6.07) is 5.53. The summed E-state index contributed by atoms with van der Waals surface area (Å²) in [6.45, 7) is 0.441. The molecule has 0 spiro atoms. The fraction of sp³-hybridized carbons (Fsp3) is 0.300. The van der Waals surface area contributed by atoms with Crippen LogP contribution in [0.15, 0.2) is 39.9 Å². The number of H-pyrrole nitrogens is 1. The van der Waals surface area contributed by atoms with Crippen LogP contribution in [0.2, 0.25) is 0 Å². The van der Waals surface area contributed by atoms with Crippen molar-refractivity contribution < 1.29 is 30.8 Å². The average Bonchev–Trinajstić information content (AvgIpc) is 2.75. The summed E-state index contributed by atoms with van der Waals surface area (Å²) < 4.78 is 66.9. The topological polar surface area (TPSA) is 145 Å². The first-order valence-electron chi connectivity index (χ1n) is 10.0. The second kappa shape index (κ2) is 8.49. The molecule has 0 radical (unpaired) electrons. The zero-order valence-corrected chi connectivity index (χ0v) is 18.8. The Morgan fingerprint density at radius 1 is 1.17 bits per heavy atom. The lowest BCUT2D eigenvalue weighted by Crippen LogP contribution is -2.42. The molecule has 0 amide bonds. The molecule has 0 atom stereocenters. The van der Waals surface area contributed by atoms with Crippen LogP contribution in [-0.2, 0) is 35.8 Å². The maximum Gasteiger partial charge on any atom is 0.416 e. The Kier molecular flexibility index (Phi) is 5.92. The number of nitrogens with zero attached hydrogens (tertiary/aromatic N) is 3. The van der Waals surface area contributed by atoms with Crippen LogP contribution in [0.25, 0.3) is 11.0 Å². The smallest absolute Gasteiger partial charge is 0.315 e. The van der Waals surface area contributed by atoms with Gasteiger partial charge in [-0.25, -0.2) is 0 Å². The van der Waals surface area contributed by atoms with Gasteiger partial charge in [-0.15, -0.1) is 4.73 Å². The van der Waals surface area contributed by atoms with E-state index in [1.54, 1.807) is 4.90 Å². The van der Waals surface area contributed by atoms with E-state index < -0.39 is 37.9 Å². The van der Waals surface area contributed by atoms with Crippen LogP contribution in [0.4, 0.5) is 18.9 Å². The number of rotatable bonds is 5. The van der Waals surface area contributed by atoms with Crippen molar-refractivity contribution in [3.8, 4) is 0 Å². The monoisotopic (exact) mass is 514 g/mol. The minimum absolute atomic E-state index is 0.0190. The van der Waals surface area contributed by atoms with Gasteiger partial charge in [0, 0.05) is 31.3 Å². The standard InChI is InChI=1S/C20H17F3N4O7S/c1-35(32,33)34-26-17-13-6-7-25(9-11-2-4-12(5-3-11)20(21,22)23)10-14(13)16(27(30)31)8-15(17)24-18(28)19(26)29/h2-5,8H,6-7,9-10H2,1H3,(H,24,28). The largest absolute Gasteiger partial charge is 0.416 e. The number of halogens is 3. The molecule has 0 saturated carbocycles. The maximum atomic E-state index is 12.8. The van der Waals surface area contributed by atoms with Crippen molar-refractivity contribution in [1.82, 2.24) is 14.6 Å². The SMILES string of the molecule is CS(=O)(=O)On1c(=O)c(=O)[nH]c2cc([N+](=O)[O-])c3c(c21)CCN(Cc1ccc(C(F)(F)F)cc1)C3. The van der Waals surface area contributed by atoms with E-state index in [0.717, 1.165) is 18.2 Å². The molecule has 1 N–H and O–H groups in total. The summed E-state index contributed by atoms with van der Waals surface area (Å²) in [5, 5.41) is 11.8. The van der Waals surface area contributed by atoms with Crippen molar-refractivity contribution in [3.63, 3.8) is 0 Å². The van der Waals surface area contributed by atoms with Gasteiger partial charge in [0.1, 0.15) is 5.52 Å². The van der Waals surface area contributed by atoms with E-state index in [2.05, 4.69) is 4.98 Å². The number of hydrogen-bond acceptors (Lipinski definition) is 8. The number of aromatic amines is 1. The Hall–Kier alpha value is -3.72. The van der Waals surface area contributed by atoms with E-state index in [9.17, 15) is 41.3 Å². The quantitative estimate of drug-likeness (QED) is 0.307. The molecule has 15 heteroatoms. The third-order valence-corrected chi connectivity index (χ3v) is 5.90. The van der Waals surface area contributed by atoms with Gasteiger partial charge in [-0.2, -0.15) is 21.6 Å². The first-order chi connectivity index (χ1) is 16.2. The molecule has 0 saturated heterocycles. The van der Waals surface area contributed by atoms with Gasteiger partial charge in [0.25, 0.3) is 5.69 Å². The number of aromatic nitrogens is 2. The molecule has 35 heavy (non-hydrogen) atoms. The van der Waals surface area contributed by atoms with Gasteiger partial charge in [-0.05, 0) is 29.7 Å². The molecule has 11 nitrogen and oxygen atoms in total. The highest BCUT2D eigenvalue weighted by Gasteiger charge is 2.32. The Bertz CT molecular complexity index is 1560. The van der Waals surface area contributed by atoms with Gasteiger partial charge < -0.3 is 4.98 Å². The second-order valence-corrected chi connectivity index (χ2v) is 9.55. The minimum atomic E-state index is -4.48. The van der Waals surface area contributed by atoms with Crippen molar-refractivity contribution in [2.75, 3.05) is 12.8 Å². The molecule has 1 aliphatic heterocycles. The molecule has 186 valence electrons. The predicted octanol–water partition coefficient (Wildman–Crippen LogP) is 1.56. The first kappa shape index (κ1) is 24.4. The molecule has 2 heterocycles. The summed E-state index contributed by atoms with van der Waals surface area (Å²) in [5.74, 6) is 0. The fourth-order valence-electron chi connectivity index (χ4n) is 4.03. The van der Waals surface area contributed by atoms with Gasteiger partial charge >= 0.3 is 27.4 Å². The summed E-state index contributed by atoms with van der Waals surface area (Å²) in [5.41, 5.74) is -3.02. The Labute approximate surface area is 194 Å². The van der Waals surface area contributed by atoms with Gasteiger partial charge in [0.2, 0.25) is 0 Å². The minimum Gasteiger partial charge on any atom is -0.315 e. The third kappa shape index (κ3) is 4.90. The molecule has 0 bridgehead atoms. The normalized spacial score (nSPS) is 14.6. The highest BCUT2D eigenvalue weighted by atomic mass is 32.2. The fourth-order valence-corrected chi connectivity index (χ4v) is 4.44. The van der Waals surface area contributed by atoms with E-state index in [0.29, 0.717) is 16.5 Å². The van der Waals surface area contributed by atoms with E-state index in [-0.39, 0.29) is 53.9 Å². The number of nitro groups is 1. The number of fused-ring (bicyclic) bond motifs is 3. The first-order valence-corrected chi connectivity index (χ1v) is 11.8. The Morgan fingerprint density at radius 3 is 2.40 bits per heavy atom. The van der Waals surface area contributed by atoms with Crippen molar-refractivity contribution in [2.45, 2.75) is 25.7 Å². The number of nitrogens with one attached hydrogen (secondary N) is 1. The lowest BCUT2D eigenvalue weighted by Gasteiger charge is -2.29. The van der Waals surface area contributed by atoms with Crippen LogP contribution in [0.3, 0.4) is 0 Å². The Balaban J connectivity index is 1.79. The molecule has 1 aliphatic rings. The molecule has 2 aromatic carbocycles. The second-order valence-electron chi connectivity index (χ2n) is 7.99. The van der Waals surface area contributed by atoms with Crippen LogP contribution >= 0.6 is 0 Å². The number of nitro benzene ring substituents is 1. The van der Waals surface area contributed by atoms with Crippen LogP contribution in [0, 0.1) is 10.1 Å². The van der Waals surface area contributed by atoms with Crippen LogP contribution < -0.4 is 15.4 Å². The van der Waals surface area contributed by atoms with E-state index in [1.807, 2.05) is 0 Å². The summed E-state index contributed by atoms with van der Waals surface area (Å²) in [4.78, 5) is 39.5. The van der Waals surface area contributed by atoms with Crippen LogP contribution in [0.1, 0.15) is 22.3 Å². The van der Waals surface area contributed by atoms with Crippen LogP contribution in [-0.4, -0.2) is 40.8 Å². The van der Waals surface area contributed by atoms with Crippen molar-refractivity contribution in [1.29, 1.82) is 0 Å². The molecule has 0 unspecified atom stereocenters. The number of benzene rings is 2. The molecule has 0 fully saturated rings. The predicted molar refractivity (Wildman–Crippen MR) is 116 cm³/mol. The van der Waals surface area contributed by atoms with Crippen LogP contribution in [0.5, 0.6) is 0 Å². The van der Waals surface area contributed by atoms with Gasteiger partial charge in [0.15, 0.2) is 0 Å². The third-order valence-electron chi connectivity index (χ3n) is 5.48. The average molecular weight is 514 g/mol. The maximum absolute atomic E-state index is 12.8. The summed E-state index contributed by atoms with van der Waals surface area (Å²) in [7, 11) is -4.24. The Morgan fingerprint density at radius 2 is 1.83 bits per heavy atom. The summed E-state index contributed by atoms with van der Waals surface area (Å²) in [6.07, 6.45) is -3.70. The van der Waals surface area contributed by atoms with Gasteiger partial charge in [-0.3, -0.25) is 28.9 Å². The zero-order chi connectivity index (χ0) is 25.7. The molecule has 1 aromatic heterocycles. The number of hydrogen-bond donors (Lipinski definition) is 1. The van der Waals surface area contributed by atoms with Gasteiger partial charge in [0.05, 0.1) is 22.3 Å². The molecular formula is C20H17F3N4O7S. The molecular weight excluding hydrogens is 497 g/mol. The number of alkyl halides is 3. The molecule has 3 aromatic rings. The van der Waals surface area contributed by atoms with E-state index in [4.69, 9.17) is 4.28 Å². The zero-order valence-electron chi connectivity index (χ0n) is 18.0. The highest BCUT2D eigenvalue weighted by Crippen LogP contribution is 2.34. The van der Waals surface area contributed by atoms with Gasteiger partial charge in [-0.1, -0.05) is 12.1 Å². The highest BCUT2D eigenvalue weighted by molar-refractivity contribution is 7.86.